The zero-order valence-electron chi connectivity index (χ0n) is 9.50. The van der Waals surface area contributed by atoms with E-state index < -0.39 is 12.0 Å². The maximum Gasteiger partial charge on any atom is 0.327 e. The third-order valence-corrected chi connectivity index (χ3v) is 2.54. The fraction of sp³-hybridized carbons (Fsp3) is 0.250. The van der Waals surface area contributed by atoms with E-state index in [1.54, 1.807) is 5.94 Å². The fourth-order valence-corrected chi connectivity index (χ4v) is 1.62. The van der Waals surface area contributed by atoms with Crippen molar-refractivity contribution < 1.29 is 19.5 Å². The molecule has 6 nitrogen and oxygen atoms in total. The lowest BCUT2D eigenvalue weighted by molar-refractivity contribution is -0.191. The summed E-state index contributed by atoms with van der Waals surface area (Å²) < 4.78 is 0. The molecule has 1 unspecified atom stereocenters. The van der Waals surface area contributed by atoms with Crippen molar-refractivity contribution in [2.24, 2.45) is 0 Å². The minimum atomic E-state index is -1.13. The van der Waals surface area contributed by atoms with Crippen molar-refractivity contribution in [1.29, 1.82) is 0 Å². The molecule has 0 radical (unpaired) electrons. The number of hydrogen-bond acceptors (Lipinski definition) is 5. The maximum atomic E-state index is 10.8. The number of carbonyl (C=O) groups is 1. The molecule has 2 rings (SSSR count). The van der Waals surface area contributed by atoms with Gasteiger partial charge in [0.1, 0.15) is 5.94 Å². The van der Waals surface area contributed by atoms with Gasteiger partial charge in [-0.1, -0.05) is 30.3 Å². The molecule has 1 heterocycles. The van der Waals surface area contributed by atoms with Gasteiger partial charge in [0.15, 0.2) is 6.04 Å². The highest BCUT2D eigenvalue weighted by Gasteiger charge is 2.34. The standard InChI is InChI=1S/C12H12N2O4/c15-7-10-6-14(13-11(10)12(16)17)18-8-9-4-2-1-3-5-9/h1-5,11,13H,6,8H2,(H,16,17). The monoisotopic (exact) mass is 248 g/mol. The quantitative estimate of drug-likeness (QED) is 0.738. The second kappa shape index (κ2) is 5.57. The Morgan fingerprint density at radius 3 is 2.78 bits per heavy atom. The van der Waals surface area contributed by atoms with Crippen LogP contribution >= 0.6 is 0 Å². The Kier molecular flexibility index (Phi) is 3.86. The Hall–Kier alpha value is -1.98. The molecule has 1 aliphatic heterocycles. The van der Waals surface area contributed by atoms with Gasteiger partial charge in [-0.25, -0.2) is 10.2 Å². The van der Waals surface area contributed by atoms with Crippen LogP contribution in [0.1, 0.15) is 5.56 Å². The van der Waals surface area contributed by atoms with Gasteiger partial charge in [-0.15, -0.1) is 5.17 Å². The molecule has 1 atom stereocenters. The van der Waals surface area contributed by atoms with E-state index in [0.717, 1.165) is 5.56 Å². The second-order valence-corrected chi connectivity index (χ2v) is 3.82. The van der Waals surface area contributed by atoms with Gasteiger partial charge in [0.05, 0.1) is 18.7 Å². The molecule has 0 aliphatic carbocycles. The Morgan fingerprint density at radius 1 is 1.50 bits per heavy atom. The SMILES string of the molecule is O=C=C1CN(OCc2ccccc2)NC1C(=O)O. The molecule has 18 heavy (non-hydrogen) atoms. The summed E-state index contributed by atoms with van der Waals surface area (Å²) in [4.78, 5) is 26.8. The molecule has 1 aromatic carbocycles. The smallest absolute Gasteiger partial charge is 0.327 e. The van der Waals surface area contributed by atoms with E-state index in [1.807, 2.05) is 30.3 Å². The van der Waals surface area contributed by atoms with Crippen LogP contribution in [0.2, 0.25) is 0 Å². The van der Waals surface area contributed by atoms with Gasteiger partial charge in [0.25, 0.3) is 0 Å². The second-order valence-electron chi connectivity index (χ2n) is 3.82. The summed E-state index contributed by atoms with van der Waals surface area (Å²) in [6.45, 7) is 0.389. The largest absolute Gasteiger partial charge is 0.480 e. The number of hydrogen-bond donors (Lipinski definition) is 2. The minimum Gasteiger partial charge on any atom is -0.480 e. The van der Waals surface area contributed by atoms with E-state index in [2.05, 4.69) is 5.43 Å². The van der Waals surface area contributed by atoms with Gasteiger partial charge in [-0.2, -0.15) is 0 Å². The lowest BCUT2D eigenvalue weighted by Gasteiger charge is -2.15. The van der Waals surface area contributed by atoms with E-state index in [0.29, 0.717) is 6.61 Å². The molecule has 1 aliphatic rings. The molecule has 2 N–H and O–H groups in total. The summed E-state index contributed by atoms with van der Waals surface area (Å²) in [5.41, 5.74) is 3.65. The van der Waals surface area contributed by atoms with Crippen molar-refractivity contribution in [3.8, 4) is 0 Å². The zero-order chi connectivity index (χ0) is 13.0. The van der Waals surface area contributed by atoms with E-state index in [4.69, 9.17) is 9.94 Å². The van der Waals surface area contributed by atoms with Gasteiger partial charge in [0, 0.05) is 0 Å². The Labute approximate surface area is 103 Å². The van der Waals surface area contributed by atoms with Crippen molar-refractivity contribution in [1.82, 2.24) is 10.6 Å². The van der Waals surface area contributed by atoms with Gasteiger partial charge < -0.3 is 5.11 Å². The van der Waals surface area contributed by atoms with Crippen molar-refractivity contribution in [3.05, 3.63) is 41.5 Å². The van der Waals surface area contributed by atoms with Crippen LogP contribution in [0.15, 0.2) is 35.9 Å². The summed E-state index contributed by atoms with van der Waals surface area (Å²) in [5.74, 6) is 0.499. The topological polar surface area (TPSA) is 78.9 Å². The third-order valence-electron chi connectivity index (χ3n) is 2.54. The summed E-state index contributed by atoms with van der Waals surface area (Å²) in [6.07, 6.45) is 0. The predicted octanol–water partition coefficient (Wildman–Crippen LogP) is 0.150. The summed E-state index contributed by atoms with van der Waals surface area (Å²) in [5, 5.41) is 10.1. The minimum absolute atomic E-state index is 0.0906. The van der Waals surface area contributed by atoms with E-state index in [1.165, 1.54) is 5.17 Å². The molecule has 1 aromatic rings. The summed E-state index contributed by atoms with van der Waals surface area (Å²) in [7, 11) is 0. The van der Waals surface area contributed by atoms with Crippen LogP contribution < -0.4 is 5.43 Å². The number of hydroxylamine groups is 1. The highest BCUT2D eigenvalue weighted by atomic mass is 16.7. The first-order valence-corrected chi connectivity index (χ1v) is 5.38. The van der Waals surface area contributed by atoms with Crippen LogP contribution in [0, 0.1) is 0 Å². The first-order valence-electron chi connectivity index (χ1n) is 5.38. The number of hydrazine groups is 1. The van der Waals surface area contributed by atoms with Gasteiger partial charge in [0.2, 0.25) is 0 Å². The van der Waals surface area contributed by atoms with E-state index >= 15 is 0 Å². The number of benzene rings is 1. The summed E-state index contributed by atoms with van der Waals surface area (Å²) in [6, 6.07) is 8.38. The first kappa shape index (κ1) is 12.5. The normalized spacial score (nSPS) is 19.8. The van der Waals surface area contributed by atoms with Crippen molar-refractivity contribution in [2.45, 2.75) is 12.6 Å². The fourth-order valence-electron chi connectivity index (χ4n) is 1.62. The molecule has 0 bridgehead atoms. The Balaban J connectivity index is 1.93. The van der Waals surface area contributed by atoms with Crippen LogP contribution in [0.5, 0.6) is 0 Å². The predicted molar refractivity (Wildman–Crippen MR) is 61.7 cm³/mol. The first-order chi connectivity index (χ1) is 8.70. The van der Waals surface area contributed by atoms with Gasteiger partial charge in [-0.3, -0.25) is 9.63 Å². The summed E-state index contributed by atoms with van der Waals surface area (Å²) >= 11 is 0. The van der Waals surface area contributed by atoms with Crippen LogP contribution in [-0.2, 0) is 21.0 Å². The van der Waals surface area contributed by atoms with Crippen LogP contribution in [-0.4, -0.2) is 34.8 Å². The van der Waals surface area contributed by atoms with Crippen LogP contribution in [0.4, 0.5) is 0 Å². The highest BCUT2D eigenvalue weighted by molar-refractivity contribution is 5.82. The molecule has 0 saturated carbocycles. The average molecular weight is 248 g/mol. The van der Waals surface area contributed by atoms with Crippen LogP contribution in [0.25, 0.3) is 0 Å². The number of aliphatic carboxylic acids is 1. The molecule has 0 amide bonds. The highest BCUT2D eigenvalue weighted by Crippen LogP contribution is 2.12. The van der Waals surface area contributed by atoms with Crippen molar-refractivity contribution >= 4 is 11.9 Å². The molecule has 1 saturated heterocycles. The zero-order valence-corrected chi connectivity index (χ0v) is 9.50. The molecular weight excluding hydrogens is 236 g/mol. The van der Waals surface area contributed by atoms with E-state index in [9.17, 15) is 9.59 Å². The number of carboxylic acid groups (broad SMARTS) is 1. The molecule has 0 aromatic heterocycles. The van der Waals surface area contributed by atoms with E-state index in [-0.39, 0.29) is 12.1 Å². The number of nitrogens with one attached hydrogen (secondary N) is 1. The van der Waals surface area contributed by atoms with Gasteiger partial charge in [-0.05, 0) is 5.56 Å². The molecular formula is C12H12N2O4. The number of rotatable bonds is 4. The Bertz CT molecular complexity index is 482. The molecule has 6 heteroatoms. The third kappa shape index (κ3) is 2.82. The van der Waals surface area contributed by atoms with Crippen LogP contribution in [0.3, 0.4) is 0 Å². The lowest BCUT2D eigenvalue weighted by atomic mass is 10.1. The van der Waals surface area contributed by atoms with Crippen molar-refractivity contribution in [2.75, 3.05) is 6.54 Å². The molecule has 0 spiro atoms. The lowest BCUT2D eigenvalue weighted by Crippen LogP contribution is -2.39. The maximum absolute atomic E-state index is 10.8. The molecule has 94 valence electrons. The van der Waals surface area contributed by atoms with Crippen molar-refractivity contribution in [3.63, 3.8) is 0 Å². The molecule has 1 fully saturated rings. The number of carboxylic acids is 1. The Morgan fingerprint density at radius 2 is 2.22 bits per heavy atom. The number of nitrogens with zero attached hydrogens (tertiary/aromatic N) is 1. The van der Waals surface area contributed by atoms with Gasteiger partial charge >= 0.3 is 5.97 Å². The average Bonchev–Trinajstić information content (AvgIpc) is 2.81. The number of carbonyl (C=O) groups excluding carboxylic acids is 1.